The van der Waals surface area contributed by atoms with Crippen molar-refractivity contribution in [3.8, 4) is 0 Å². The minimum absolute atomic E-state index is 0. The molecule has 2 N–H and O–H groups in total. The molecule has 0 aliphatic heterocycles. The first kappa shape index (κ1) is 22.7. The van der Waals surface area contributed by atoms with Crippen LogP contribution in [0.1, 0.15) is 0 Å². The first-order valence-electron chi connectivity index (χ1n) is 0.698. The van der Waals surface area contributed by atoms with Gasteiger partial charge in [0.1, 0.15) is 0 Å². The number of hydrogen-bond donors (Lipinski definition) is 2. The molecule has 4 nitrogen and oxygen atoms in total. The molecule has 0 rings (SSSR count). The van der Waals surface area contributed by atoms with Gasteiger partial charge >= 0.3 is 28.4 Å². The van der Waals surface area contributed by atoms with Crippen molar-refractivity contribution in [2.45, 2.75) is 0 Å². The van der Waals surface area contributed by atoms with Crippen LogP contribution in [-0.4, -0.2) is 35.5 Å². The molecule has 0 spiro atoms. The Kier molecular flexibility index (Phi) is 24.2. The van der Waals surface area contributed by atoms with Crippen molar-refractivity contribution in [2.75, 3.05) is 0 Å². The normalized spacial score (nSPS) is 7.25. The fraction of sp³-hybridized carbons (Fsp3) is 0. The summed E-state index contributed by atoms with van der Waals surface area (Å²) < 4.78 is 31.6. The molecule has 0 amide bonds. The van der Waals surface area contributed by atoms with Gasteiger partial charge in [0.05, 0.1) is 0 Å². The third kappa shape index (κ3) is 134. The summed E-state index contributed by atoms with van der Waals surface area (Å²) in [5, 5.41) is 0. The van der Waals surface area contributed by atoms with Gasteiger partial charge in [-0.2, -0.15) is 8.42 Å². The van der Waals surface area contributed by atoms with Gasteiger partial charge in [-0.05, 0) is 0 Å². The molecule has 8 heavy (non-hydrogen) atoms. The van der Waals surface area contributed by atoms with Crippen molar-refractivity contribution in [1.82, 2.24) is 0 Å². The van der Waals surface area contributed by atoms with E-state index in [0.29, 0.717) is 0 Å². The van der Waals surface area contributed by atoms with Crippen molar-refractivity contribution >= 4 is 28.4 Å². The van der Waals surface area contributed by atoms with E-state index in [9.17, 15) is 0 Å². The standard InChI is InChI=1S/AsH3.Co.H2O4S.Zn/c;;1-5(2,3)4;/h1H3;;(H2,1,2,3,4);. The summed E-state index contributed by atoms with van der Waals surface area (Å²) in [4.78, 5) is 0. The second kappa shape index (κ2) is 8.56. The van der Waals surface area contributed by atoms with Gasteiger partial charge in [-0.3, -0.25) is 9.11 Å². The van der Waals surface area contributed by atoms with Crippen LogP contribution >= 0.6 is 0 Å². The summed E-state index contributed by atoms with van der Waals surface area (Å²) in [6, 6.07) is 0. The molecule has 0 heterocycles. The van der Waals surface area contributed by atoms with E-state index in [2.05, 4.69) is 0 Å². The fourth-order valence-electron chi connectivity index (χ4n) is 0. The van der Waals surface area contributed by atoms with E-state index in [-0.39, 0.29) is 54.2 Å². The van der Waals surface area contributed by atoms with E-state index in [1.54, 1.807) is 0 Å². The Morgan fingerprint density at radius 2 is 1.12 bits per heavy atom. The second-order valence-corrected chi connectivity index (χ2v) is 1.34. The molecule has 0 aromatic rings. The average Bonchev–Trinajstić information content (AvgIpc) is 0.722. The molecule has 51 valence electrons. The second-order valence-electron chi connectivity index (χ2n) is 0.448. The van der Waals surface area contributed by atoms with Crippen LogP contribution in [0.3, 0.4) is 0 Å². The first-order chi connectivity index (χ1) is 2.00. The van der Waals surface area contributed by atoms with Crippen LogP contribution in [0.15, 0.2) is 0 Å². The molecule has 0 aromatic heterocycles. The SMILES string of the molecule is O=S(=O)(O)O.[AsH3].[Co].[Zn]. The van der Waals surface area contributed by atoms with Gasteiger partial charge in [-0.15, -0.1) is 0 Å². The maximum absolute atomic E-state index is 8.74. The zero-order chi connectivity index (χ0) is 4.50. The first-order valence-corrected chi connectivity index (χ1v) is 2.10. The Morgan fingerprint density at radius 1 is 1.12 bits per heavy atom. The summed E-state index contributed by atoms with van der Waals surface area (Å²) in [5.41, 5.74) is 0. The van der Waals surface area contributed by atoms with E-state index in [4.69, 9.17) is 17.5 Å². The molecule has 0 aromatic carbocycles. The molecule has 8 heteroatoms. The molecule has 0 saturated heterocycles. The predicted molar refractivity (Wildman–Crippen MR) is 24.1 cm³/mol. The number of hydrogen-bond acceptors (Lipinski definition) is 2. The van der Waals surface area contributed by atoms with Crippen molar-refractivity contribution < 1.29 is 53.8 Å². The minimum Gasteiger partial charge on any atom is 0 e. The quantitative estimate of drug-likeness (QED) is 0.407. The van der Waals surface area contributed by atoms with Gasteiger partial charge in [-0.1, -0.05) is 0 Å². The van der Waals surface area contributed by atoms with Crippen LogP contribution < -0.4 is 0 Å². The van der Waals surface area contributed by atoms with Gasteiger partial charge < -0.3 is 0 Å². The Morgan fingerprint density at radius 3 is 1.12 bits per heavy atom. The molecular weight excluding hydrogens is 295 g/mol. The van der Waals surface area contributed by atoms with Crippen LogP contribution in [0.5, 0.6) is 0 Å². The van der Waals surface area contributed by atoms with E-state index in [1.165, 1.54) is 0 Å². The third-order valence-corrected chi connectivity index (χ3v) is 0. The summed E-state index contributed by atoms with van der Waals surface area (Å²) in [7, 11) is -4.67. The molecule has 1 unspecified atom stereocenters. The van der Waals surface area contributed by atoms with Crippen molar-refractivity contribution in [3.05, 3.63) is 0 Å². The zero-order valence-electron chi connectivity index (χ0n) is 3.87. The predicted octanol–water partition coefficient (Wildman–Crippen LogP) is -1.84. The maximum atomic E-state index is 8.74. The summed E-state index contributed by atoms with van der Waals surface area (Å²) in [6.07, 6.45) is 0. The largest absolute Gasteiger partial charge is 0 e. The van der Waals surface area contributed by atoms with Gasteiger partial charge in [-0.25, -0.2) is 0 Å². The number of rotatable bonds is 0. The Bertz CT molecular complexity index is 99.2. The average molecular weight is 300 g/mol. The van der Waals surface area contributed by atoms with Gasteiger partial charge in [0, 0.05) is 36.3 Å². The van der Waals surface area contributed by atoms with E-state index >= 15 is 0 Å². The fourth-order valence-corrected chi connectivity index (χ4v) is 0. The van der Waals surface area contributed by atoms with Crippen LogP contribution in [0.25, 0.3) is 0 Å². The Hall–Kier alpha value is 1.56. The van der Waals surface area contributed by atoms with E-state index < -0.39 is 10.4 Å². The van der Waals surface area contributed by atoms with Crippen LogP contribution in [-0.2, 0) is 46.7 Å². The van der Waals surface area contributed by atoms with Crippen molar-refractivity contribution in [3.63, 3.8) is 0 Å². The molecule has 0 bridgehead atoms. The smallest absolute Gasteiger partial charge is 0 e. The molecule has 0 aliphatic rings. The topological polar surface area (TPSA) is 74.6 Å². The monoisotopic (exact) mass is 299 g/mol. The van der Waals surface area contributed by atoms with Crippen molar-refractivity contribution in [2.24, 2.45) is 0 Å². The van der Waals surface area contributed by atoms with Gasteiger partial charge in [0.2, 0.25) is 0 Å². The summed E-state index contributed by atoms with van der Waals surface area (Å²) >= 11 is 0. The maximum Gasteiger partial charge on any atom is 0 e. The van der Waals surface area contributed by atoms with E-state index in [1.807, 2.05) is 0 Å². The molecule has 0 fully saturated rings. The Labute approximate surface area is 81.6 Å². The van der Waals surface area contributed by atoms with E-state index in [0.717, 1.165) is 0 Å². The molecule has 0 aliphatic carbocycles. The van der Waals surface area contributed by atoms with Gasteiger partial charge in [0.15, 0.2) is 0 Å². The Balaban J connectivity index is -0.0000000267. The summed E-state index contributed by atoms with van der Waals surface area (Å²) in [6.45, 7) is 0. The van der Waals surface area contributed by atoms with Crippen molar-refractivity contribution in [1.29, 1.82) is 0 Å². The minimum atomic E-state index is -4.67. The van der Waals surface area contributed by atoms with Crippen LogP contribution in [0, 0.1) is 0 Å². The third-order valence-electron chi connectivity index (χ3n) is 0. The van der Waals surface area contributed by atoms with Crippen LogP contribution in [0.4, 0.5) is 0 Å². The zero-order valence-corrected chi connectivity index (χ0v) is 11.7. The summed E-state index contributed by atoms with van der Waals surface area (Å²) in [5.74, 6) is 0. The van der Waals surface area contributed by atoms with Crippen LogP contribution in [0.2, 0.25) is 0 Å². The van der Waals surface area contributed by atoms with Gasteiger partial charge in [0.25, 0.3) is 0 Å². The molecule has 1 radical (unpaired) electrons. The molecule has 0 saturated carbocycles. The molecule has 1 atom stereocenters. The molecular formula is H5AsCoO4SZn.